The smallest absolute Gasteiger partial charge is 0.133 e. The highest BCUT2D eigenvalue weighted by atomic mass is 35.5. The largest absolute Gasteiger partial charge is 0.312 e. The standard InChI is InChI=1S/C15H12ClF2N.ClH/c16-12-5-4-10(11-8-19-7-6-9(11)12)15-13(17)2-1-3-14(15)18;/h1-5,19H,6-8H2;1H. The van der Waals surface area contributed by atoms with E-state index in [2.05, 4.69) is 5.32 Å². The summed E-state index contributed by atoms with van der Waals surface area (Å²) in [5, 5.41) is 3.88. The van der Waals surface area contributed by atoms with Crippen molar-refractivity contribution in [3.05, 3.63) is 58.1 Å². The average Bonchev–Trinajstić information content (AvgIpc) is 2.41. The van der Waals surface area contributed by atoms with Crippen LogP contribution in [0.15, 0.2) is 30.3 Å². The molecule has 0 saturated heterocycles. The van der Waals surface area contributed by atoms with E-state index in [-0.39, 0.29) is 18.0 Å². The lowest BCUT2D eigenvalue weighted by Crippen LogP contribution is -2.24. The minimum Gasteiger partial charge on any atom is -0.312 e. The van der Waals surface area contributed by atoms with E-state index >= 15 is 0 Å². The molecule has 0 aliphatic carbocycles. The molecule has 2 aromatic rings. The molecule has 0 atom stereocenters. The lowest BCUT2D eigenvalue weighted by atomic mass is 9.91. The highest BCUT2D eigenvalue weighted by Gasteiger charge is 2.20. The van der Waals surface area contributed by atoms with Crippen molar-refractivity contribution in [3.63, 3.8) is 0 Å². The van der Waals surface area contributed by atoms with E-state index in [9.17, 15) is 8.78 Å². The monoisotopic (exact) mass is 315 g/mol. The van der Waals surface area contributed by atoms with E-state index < -0.39 is 11.6 Å². The fourth-order valence-electron chi connectivity index (χ4n) is 2.55. The summed E-state index contributed by atoms with van der Waals surface area (Å²) in [5.74, 6) is -1.09. The maximum atomic E-state index is 13.9. The molecule has 0 unspecified atom stereocenters. The van der Waals surface area contributed by atoms with Gasteiger partial charge in [-0.1, -0.05) is 23.7 Å². The van der Waals surface area contributed by atoms with Crippen LogP contribution in [0.4, 0.5) is 8.78 Å². The van der Waals surface area contributed by atoms with Crippen molar-refractivity contribution in [1.82, 2.24) is 5.32 Å². The summed E-state index contributed by atoms with van der Waals surface area (Å²) in [6.07, 6.45) is 0.776. The van der Waals surface area contributed by atoms with Crippen LogP contribution in [0.3, 0.4) is 0 Å². The number of fused-ring (bicyclic) bond motifs is 1. The van der Waals surface area contributed by atoms with Crippen molar-refractivity contribution >= 4 is 24.0 Å². The summed E-state index contributed by atoms with van der Waals surface area (Å²) in [6, 6.07) is 7.32. The van der Waals surface area contributed by atoms with Gasteiger partial charge in [-0.05, 0) is 47.9 Å². The maximum absolute atomic E-state index is 13.9. The Balaban J connectivity index is 0.00000147. The number of benzene rings is 2. The average molecular weight is 316 g/mol. The first kappa shape index (κ1) is 15.2. The zero-order chi connectivity index (χ0) is 13.4. The minimum absolute atomic E-state index is 0. The Kier molecular flexibility index (Phi) is 4.63. The third kappa shape index (κ3) is 2.53. The molecule has 1 nitrogen and oxygen atoms in total. The number of halogens is 4. The molecule has 1 aliphatic rings. The van der Waals surface area contributed by atoms with Crippen LogP contribution in [0.25, 0.3) is 11.1 Å². The summed E-state index contributed by atoms with van der Waals surface area (Å²) in [4.78, 5) is 0. The van der Waals surface area contributed by atoms with Gasteiger partial charge in [-0.2, -0.15) is 0 Å². The molecule has 1 aliphatic heterocycles. The first-order chi connectivity index (χ1) is 9.18. The maximum Gasteiger partial charge on any atom is 0.133 e. The van der Waals surface area contributed by atoms with Crippen LogP contribution in [0.5, 0.6) is 0 Å². The third-order valence-electron chi connectivity index (χ3n) is 3.46. The molecule has 1 N–H and O–H groups in total. The highest BCUT2D eigenvalue weighted by Crippen LogP contribution is 2.35. The van der Waals surface area contributed by atoms with Gasteiger partial charge in [0.15, 0.2) is 0 Å². The van der Waals surface area contributed by atoms with Gasteiger partial charge in [-0.15, -0.1) is 12.4 Å². The second kappa shape index (κ2) is 6.08. The molecule has 3 rings (SSSR count). The minimum atomic E-state index is -0.546. The van der Waals surface area contributed by atoms with Crippen LogP contribution in [-0.4, -0.2) is 6.54 Å². The molecule has 0 aromatic heterocycles. The Morgan fingerprint density at radius 2 is 1.70 bits per heavy atom. The Hall–Kier alpha value is -1.16. The molecular formula is C15H13Cl2F2N. The van der Waals surface area contributed by atoms with E-state index in [0.717, 1.165) is 24.1 Å². The molecule has 106 valence electrons. The number of rotatable bonds is 1. The molecule has 0 bridgehead atoms. The predicted octanol–water partition coefficient (Wildman–Crippen LogP) is 4.35. The molecule has 0 saturated carbocycles. The van der Waals surface area contributed by atoms with E-state index in [0.29, 0.717) is 17.1 Å². The van der Waals surface area contributed by atoms with Crippen molar-refractivity contribution in [1.29, 1.82) is 0 Å². The van der Waals surface area contributed by atoms with Gasteiger partial charge in [0.2, 0.25) is 0 Å². The van der Waals surface area contributed by atoms with E-state index in [1.165, 1.54) is 18.2 Å². The van der Waals surface area contributed by atoms with Gasteiger partial charge in [-0.25, -0.2) is 8.78 Å². The van der Waals surface area contributed by atoms with E-state index in [1.54, 1.807) is 12.1 Å². The SMILES string of the molecule is Cl.Fc1cccc(F)c1-c1ccc(Cl)c2c1CNCC2. The molecule has 0 radical (unpaired) electrons. The summed E-state index contributed by atoms with van der Waals surface area (Å²) in [5.41, 5.74) is 2.49. The predicted molar refractivity (Wildman–Crippen MR) is 79.5 cm³/mol. The van der Waals surface area contributed by atoms with Crippen molar-refractivity contribution < 1.29 is 8.78 Å². The fourth-order valence-corrected chi connectivity index (χ4v) is 2.82. The van der Waals surface area contributed by atoms with Crippen LogP contribution in [0.1, 0.15) is 11.1 Å². The van der Waals surface area contributed by atoms with Crippen LogP contribution in [0.2, 0.25) is 5.02 Å². The summed E-state index contributed by atoms with van der Waals surface area (Å²) in [6.45, 7) is 1.41. The van der Waals surface area contributed by atoms with Crippen molar-refractivity contribution in [2.75, 3.05) is 6.54 Å². The lowest BCUT2D eigenvalue weighted by molar-refractivity contribution is 0.587. The molecular weight excluding hydrogens is 303 g/mol. The van der Waals surface area contributed by atoms with Gasteiger partial charge < -0.3 is 5.32 Å². The Labute approximate surface area is 127 Å². The van der Waals surface area contributed by atoms with E-state index in [4.69, 9.17) is 11.6 Å². The molecule has 0 fully saturated rings. The highest BCUT2D eigenvalue weighted by molar-refractivity contribution is 6.31. The number of hydrogen-bond acceptors (Lipinski definition) is 1. The van der Waals surface area contributed by atoms with Crippen LogP contribution in [-0.2, 0) is 13.0 Å². The van der Waals surface area contributed by atoms with Gasteiger partial charge in [0.05, 0.1) is 5.56 Å². The van der Waals surface area contributed by atoms with Crippen LogP contribution in [0, 0.1) is 11.6 Å². The van der Waals surface area contributed by atoms with Gasteiger partial charge in [0.1, 0.15) is 11.6 Å². The fraction of sp³-hybridized carbons (Fsp3) is 0.200. The molecule has 20 heavy (non-hydrogen) atoms. The topological polar surface area (TPSA) is 12.0 Å². The van der Waals surface area contributed by atoms with Gasteiger partial charge >= 0.3 is 0 Å². The van der Waals surface area contributed by atoms with E-state index in [1.807, 2.05) is 0 Å². The van der Waals surface area contributed by atoms with Gasteiger partial charge in [0.25, 0.3) is 0 Å². The quantitative estimate of drug-likeness (QED) is 0.824. The number of nitrogens with one attached hydrogen (secondary N) is 1. The Bertz CT molecular complexity index is 624. The van der Waals surface area contributed by atoms with Crippen molar-refractivity contribution in [2.24, 2.45) is 0 Å². The Morgan fingerprint density at radius 3 is 2.40 bits per heavy atom. The number of hydrogen-bond donors (Lipinski definition) is 1. The Morgan fingerprint density at radius 1 is 1.00 bits per heavy atom. The summed E-state index contributed by atoms with van der Waals surface area (Å²) in [7, 11) is 0. The zero-order valence-corrected chi connectivity index (χ0v) is 12.1. The molecule has 1 heterocycles. The summed E-state index contributed by atoms with van der Waals surface area (Å²) >= 11 is 6.17. The normalized spacial score (nSPS) is 13.6. The zero-order valence-electron chi connectivity index (χ0n) is 10.6. The second-order valence-corrected chi connectivity index (χ2v) is 4.98. The van der Waals surface area contributed by atoms with Crippen molar-refractivity contribution in [3.8, 4) is 11.1 Å². The first-order valence-electron chi connectivity index (χ1n) is 6.14. The molecule has 5 heteroatoms. The molecule has 2 aromatic carbocycles. The molecule has 0 spiro atoms. The van der Waals surface area contributed by atoms with Crippen LogP contribution < -0.4 is 5.32 Å². The second-order valence-electron chi connectivity index (χ2n) is 4.58. The van der Waals surface area contributed by atoms with Gasteiger partial charge in [0, 0.05) is 11.6 Å². The van der Waals surface area contributed by atoms with Crippen molar-refractivity contribution in [2.45, 2.75) is 13.0 Å². The first-order valence-corrected chi connectivity index (χ1v) is 6.51. The molecule has 0 amide bonds. The van der Waals surface area contributed by atoms with Gasteiger partial charge in [-0.3, -0.25) is 0 Å². The third-order valence-corrected chi connectivity index (χ3v) is 3.81. The summed E-state index contributed by atoms with van der Waals surface area (Å²) < 4.78 is 27.8. The lowest BCUT2D eigenvalue weighted by Gasteiger charge is -2.22. The van der Waals surface area contributed by atoms with Crippen LogP contribution >= 0.6 is 24.0 Å².